The number of rotatable bonds is 4. The van der Waals surface area contributed by atoms with Crippen LogP contribution in [0.2, 0.25) is 0 Å². The van der Waals surface area contributed by atoms with Crippen molar-refractivity contribution in [1.82, 2.24) is 19.8 Å². The first-order chi connectivity index (χ1) is 11.3. The van der Waals surface area contributed by atoms with Gasteiger partial charge in [0, 0.05) is 10.5 Å². The Morgan fingerprint density at radius 3 is 2.74 bits per heavy atom. The van der Waals surface area contributed by atoms with Crippen molar-refractivity contribution in [2.75, 3.05) is 0 Å². The third-order valence-corrected chi connectivity index (χ3v) is 5.19. The molecule has 4 nitrogen and oxygen atoms in total. The van der Waals surface area contributed by atoms with E-state index >= 15 is 0 Å². The van der Waals surface area contributed by atoms with Crippen molar-refractivity contribution in [3.63, 3.8) is 0 Å². The minimum absolute atomic E-state index is 0.270. The van der Waals surface area contributed by atoms with Gasteiger partial charge < -0.3 is 0 Å². The maximum Gasteiger partial charge on any atom is 0.235 e. The molecular formula is C16H11FN4S2. The lowest BCUT2D eigenvalue weighted by molar-refractivity contribution is 0.628. The van der Waals surface area contributed by atoms with Crippen LogP contribution in [0.1, 0.15) is 5.82 Å². The van der Waals surface area contributed by atoms with Crippen LogP contribution in [0, 0.1) is 5.82 Å². The lowest BCUT2D eigenvalue weighted by atomic mass is 10.2. The quantitative estimate of drug-likeness (QED) is 0.519. The van der Waals surface area contributed by atoms with Crippen molar-refractivity contribution in [2.24, 2.45) is 0 Å². The fourth-order valence-corrected chi connectivity index (χ4v) is 3.83. The standard InChI is InChI=1S/C16H11FN4S2/c17-12-6-4-5-11(9-12)15-20-21-14(18-19-16(21)23-15)10-22-13-7-2-1-3-8-13/h1-9H,10H2. The summed E-state index contributed by atoms with van der Waals surface area (Å²) in [7, 11) is 0. The Balaban J connectivity index is 1.62. The van der Waals surface area contributed by atoms with Gasteiger partial charge in [-0.05, 0) is 24.3 Å². The van der Waals surface area contributed by atoms with E-state index in [-0.39, 0.29) is 5.82 Å². The number of nitrogens with zero attached hydrogens (tertiary/aromatic N) is 4. The molecule has 0 N–H and O–H groups in total. The molecule has 7 heteroatoms. The molecule has 0 radical (unpaired) electrons. The van der Waals surface area contributed by atoms with Gasteiger partial charge in [-0.15, -0.1) is 22.0 Å². The average molecular weight is 342 g/mol. The van der Waals surface area contributed by atoms with Crippen LogP contribution in [0.5, 0.6) is 0 Å². The summed E-state index contributed by atoms with van der Waals surface area (Å²) in [6.07, 6.45) is 0. The van der Waals surface area contributed by atoms with Crippen LogP contribution >= 0.6 is 23.1 Å². The number of thioether (sulfide) groups is 1. The van der Waals surface area contributed by atoms with Crippen LogP contribution in [0.3, 0.4) is 0 Å². The Morgan fingerprint density at radius 2 is 1.91 bits per heavy atom. The molecule has 4 aromatic rings. The second-order valence-corrected chi connectivity index (χ2v) is 6.83. The molecule has 2 heterocycles. The molecule has 0 aliphatic rings. The SMILES string of the molecule is Fc1cccc(-c2nn3c(CSc4ccccc4)nnc3s2)c1. The minimum Gasteiger partial charge on any atom is -0.207 e. The van der Waals surface area contributed by atoms with Crippen LogP contribution in [-0.2, 0) is 5.75 Å². The molecule has 0 unspecified atom stereocenters. The van der Waals surface area contributed by atoms with Gasteiger partial charge in [0.05, 0.1) is 5.75 Å². The molecule has 0 aliphatic heterocycles. The van der Waals surface area contributed by atoms with E-state index in [2.05, 4.69) is 27.4 Å². The van der Waals surface area contributed by atoms with Crippen LogP contribution in [-0.4, -0.2) is 19.8 Å². The maximum atomic E-state index is 13.4. The predicted octanol–water partition coefficient (Wildman–Crippen LogP) is 4.28. The predicted molar refractivity (Wildman–Crippen MR) is 90.1 cm³/mol. The molecule has 4 rings (SSSR count). The number of aromatic nitrogens is 4. The summed E-state index contributed by atoms with van der Waals surface area (Å²) in [6, 6.07) is 16.5. The largest absolute Gasteiger partial charge is 0.235 e. The molecule has 0 amide bonds. The number of halogens is 1. The average Bonchev–Trinajstić information content (AvgIpc) is 3.15. The Kier molecular flexibility index (Phi) is 3.80. The Hall–Kier alpha value is -2.25. The van der Waals surface area contributed by atoms with Crippen molar-refractivity contribution in [1.29, 1.82) is 0 Å². The summed E-state index contributed by atoms with van der Waals surface area (Å²) in [6.45, 7) is 0. The fraction of sp³-hybridized carbons (Fsp3) is 0.0625. The van der Waals surface area contributed by atoms with Crippen LogP contribution in [0.25, 0.3) is 15.5 Å². The molecule has 0 aliphatic carbocycles. The maximum absolute atomic E-state index is 13.4. The molecule has 2 aromatic heterocycles. The lowest BCUT2D eigenvalue weighted by Crippen LogP contribution is -1.94. The second kappa shape index (κ2) is 6.10. The van der Waals surface area contributed by atoms with E-state index in [1.165, 1.54) is 28.4 Å². The summed E-state index contributed by atoms with van der Waals surface area (Å²) in [5.74, 6) is 1.19. The summed E-state index contributed by atoms with van der Waals surface area (Å²) in [5.41, 5.74) is 0.752. The number of benzene rings is 2. The molecule has 0 saturated carbocycles. The monoisotopic (exact) mass is 342 g/mol. The highest BCUT2D eigenvalue weighted by atomic mass is 32.2. The zero-order valence-corrected chi connectivity index (χ0v) is 13.5. The van der Waals surface area contributed by atoms with Gasteiger partial charge in [-0.25, -0.2) is 4.39 Å². The van der Waals surface area contributed by atoms with Gasteiger partial charge in [0.25, 0.3) is 0 Å². The van der Waals surface area contributed by atoms with E-state index in [0.29, 0.717) is 10.7 Å². The van der Waals surface area contributed by atoms with Crippen LogP contribution < -0.4 is 0 Å². The van der Waals surface area contributed by atoms with Crippen molar-refractivity contribution in [2.45, 2.75) is 10.6 Å². The normalized spacial score (nSPS) is 11.2. The number of hydrogen-bond acceptors (Lipinski definition) is 5. The molecule has 23 heavy (non-hydrogen) atoms. The van der Waals surface area contributed by atoms with E-state index in [1.54, 1.807) is 22.3 Å². The lowest BCUT2D eigenvalue weighted by Gasteiger charge is -1.98. The first-order valence-corrected chi connectivity index (χ1v) is 8.75. The number of fused-ring (bicyclic) bond motifs is 1. The Morgan fingerprint density at radius 1 is 1.04 bits per heavy atom. The van der Waals surface area contributed by atoms with Gasteiger partial charge >= 0.3 is 0 Å². The van der Waals surface area contributed by atoms with Crippen molar-refractivity contribution in [3.8, 4) is 10.6 Å². The van der Waals surface area contributed by atoms with Gasteiger partial charge in [-0.1, -0.05) is 41.7 Å². The smallest absolute Gasteiger partial charge is 0.207 e. The zero-order valence-electron chi connectivity index (χ0n) is 11.9. The zero-order chi connectivity index (χ0) is 15.6. The van der Waals surface area contributed by atoms with Gasteiger partial charge in [0.1, 0.15) is 10.8 Å². The van der Waals surface area contributed by atoms with E-state index in [9.17, 15) is 4.39 Å². The molecule has 0 atom stereocenters. The highest BCUT2D eigenvalue weighted by Crippen LogP contribution is 2.27. The van der Waals surface area contributed by atoms with Crippen molar-refractivity contribution >= 4 is 28.1 Å². The van der Waals surface area contributed by atoms with E-state index in [1.807, 2.05) is 24.3 Å². The summed E-state index contributed by atoms with van der Waals surface area (Å²) in [5, 5.41) is 13.6. The van der Waals surface area contributed by atoms with Crippen LogP contribution in [0.15, 0.2) is 59.5 Å². The first kappa shape index (κ1) is 14.3. The minimum atomic E-state index is -0.270. The third-order valence-electron chi connectivity index (χ3n) is 3.24. The summed E-state index contributed by atoms with van der Waals surface area (Å²) >= 11 is 3.09. The van der Waals surface area contributed by atoms with Gasteiger partial charge in [0.2, 0.25) is 4.96 Å². The molecule has 2 aromatic carbocycles. The Labute approximate surface area is 140 Å². The van der Waals surface area contributed by atoms with Crippen LogP contribution in [0.4, 0.5) is 4.39 Å². The van der Waals surface area contributed by atoms with E-state index < -0.39 is 0 Å². The molecular weight excluding hydrogens is 331 g/mol. The second-order valence-electron chi connectivity index (χ2n) is 4.83. The molecule has 114 valence electrons. The molecule has 0 spiro atoms. The van der Waals surface area contributed by atoms with Crippen molar-refractivity contribution < 1.29 is 4.39 Å². The molecule has 0 bridgehead atoms. The Bertz CT molecular complexity index is 949. The van der Waals surface area contributed by atoms with Gasteiger partial charge in [-0.3, -0.25) is 0 Å². The van der Waals surface area contributed by atoms with E-state index in [4.69, 9.17) is 0 Å². The van der Waals surface area contributed by atoms with Gasteiger partial charge in [-0.2, -0.15) is 9.61 Å². The third kappa shape index (κ3) is 2.97. The van der Waals surface area contributed by atoms with E-state index in [0.717, 1.165) is 16.4 Å². The molecule has 0 saturated heterocycles. The van der Waals surface area contributed by atoms with Crippen molar-refractivity contribution in [3.05, 3.63) is 66.2 Å². The highest BCUT2D eigenvalue weighted by molar-refractivity contribution is 7.98. The fourth-order valence-electron chi connectivity index (χ4n) is 2.15. The van der Waals surface area contributed by atoms with Gasteiger partial charge in [0.15, 0.2) is 5.82 Å². The first-order valence-electron chi connectivity index (χ1n) is 6.94. The highest BCUT2D eigenvalue weighted by Gasteiger charge is 2.13. The molecule has 0 fully saturated rings. The summed E-state index contributed by atoms with van der Waals surface area (Å²) in [4.78, 5) is 1.89. The number of hydrogen-bond donors (Lipinski definition) is 0. The topological polar surface area (TPSA) is 43.1 Å². The summed E-state index contributed by atoms with van der Waals surface area (Å²) < 4.78 is 15.1.